The average Bonchev–Trinajstić information content (AvgIpc) is 2.18. The topological polar surface area (TPSA) is 96.6 Å². The summed E-state index contributed by atoms with van der Waals surface area (Å²) >= 11 is 0. The smallest absolute Gasteiger partial charge is 0.412 e. The van der Waals surface area contributed by atoms with E-state index in [4.69, 9.17) is 5.11 Å². The number of carbonyl (C=O) groups is 1. The van der Waals surface area contributed by atoms with E-state index in [0.29, 0.717) is 0 Å². The minimum Gasteiger partial charge on any atom is -0.465 e. The molecular weight excluding hydrogens is 202 g/mol. The van der Waals surface area contributed by atoms with Crippen molar-refractivity contribution in [3.05, 3.63) is 28.6 Å². The molecule has 1 amide bonds. The monoisotopic (exact) mass is 211 g/mol. The quantitative estimate of drug-likeness (QED) is 0.603. The Kier molecular flexibility index (Phi) is 3.17. The molecule has 0 radical (unpaired) electrons. The van der Waals surface area contributed by atoms with E-state index in [-0.39, 0.29) is 17.9 Å². The van der Waals surface area contributed by atoms with Crippen molar-refractivity contribution < 1.29 is 14.8 Å². The highest BCUT2D eigenvalue weighted by Crippen LogP contribution is 2.26. The average molecular weight is 211 g/mol. The summed E-state index contributed by atoms with van der Waals surface area (Å²) in [6, 6.07) is 1.30. The maximum Gasteiger partial charge on any atom is 0.412 e. The number of nitrogens with zero attached hydrogens (tertiary/aromatic N) is 3. The van der Waals surface area contributed by atoms with Gasteiger partial charge >= 0.3 is 11.8 Å². The second-order valence-electron chi connectivity index (χ2n) is 2.65. The SMILES string of the molecule is CCN(C(=O)O)c1ccncc1[N+](=O)[O-]. The van der Waals surface area contributed by atoms with E-state index < -0.39 is 11.0 Å². The molecule has 0 unspecified atom stereocenters. The van der Waals surface area contributed by atoms with E-state index in [1.54, 1.807) is 6.92 Å². The van der Waals surface area contributed by atoms with Crippen LogP contribution in [0.25, 0.3) is 0 Å². The predicted octanol–water partition coefficient (Wildman–Crippen LogP) is 1.49. The zero-order valence-electron chi connectivity index (χ0n) is 7.95. The van der Waals surface area contributed by atoms with Crippen LogP contribution in [0.15, 0.2) is 18.5 Å². The Hall–Kier alpha value is -2.18. The number of nitro groups is 1. The van der Waals surface area contributed by atoms with Gasteiger partial charge < -0.3 is 5.11 Å². The van der Waals surface area contributed by atoms with Crippen LogP contribution in [0.2, 0.25) is 0 Å². The van der Waals surface area contributed by atoms with Crippen LogP contribution >= 0.6 is 0 Å². The molecule has 0 saturated carbocycles. The van der Waals surface area contributed by atoms with Gasteiger partial charge in [0.25, 0.3) is 0 Å². The van der Waals surface area contributed by atoms with Crippen molar-refractivity contribution in [1.29, 1.82) is 0 Å². The highest BCUT2D eigenvalue weighted by molar-refractivity contribution is 5.88. The highest BCUT2D eigenvalue weighted by atomic mass is 16.6. The van der Waals surface area contributed by atoms with E-state index in [2.05, 4.69) is 4.98 Å². The van der Waals surface area contributed by atoms with Gasteiger partial charge in [-0.1, -0.05) is 0 Å². The second-order valence-corrected chi connectivity index (χ2v) is 2.65. The molecule has 0 aliphatic heterocycles. The van der Waals surface area contributed by atoms with Crippen LogP contribution in [-0.4, -0.2) is 27.7 Å². The van der Waals surface area contributed by atoms with Crippen LogP contribution < -0.4 is 4.90 Å². The summed E-state index contributed by atoms with van der Waals surface area (Å²) in [6.45, 7) is 1.73. The highest BCUT2D eigenvalue weighted by Gasteiger charge is 2.22. The van der Waals surface area contributed by atoms with Gasteiger partial charge in [-0.25, -0.2) is 4.79 Å². The van der Waals surface area contributed by atoms with E-state index in [0.717, 1.165) is 11.1 Å². The first-order valence-electron chi connectivity index (χ1n) is 4.16. The molecular formula is C8H9N3O4. The third-order valence-electron chi connectivity index (χ3n) is 1.81. The van der Waals surface area contributed by atoms with Crippen LogP contribution in [0.5, 0.6) is 0 Å². The number of rotatable bonds is 3. The molecule has 15 heavy (non-hydrogen) atoms. The van der Waals surface area contributed by atoms with Crippen LogP contribution in [0.4, 0.5) is 16.2 Å². The van der Waals surface area contributed by atoms with Gasteiger partial charge in [-0.15, -0.1) is 0 Å². The summed E-state index contributed by atoms with van der Waals surface area (Å²) < 4.78 is 0. The van der Waals surface area contributed by atoms with Crippen molar-refractivity contribution >= 4 is 17.5 Å². The van der Waals surface area contributed by atoms with Crippen LogP contribution in [0.3, 0.4) is 0 Å². The van der Waals surface area contributed by atoms with Gasteiger partial charge in [-0.05, 0) is 13.0 Å². The second kappa shape index (κ2) is 4.36. The van der Waals surface area contributed by atoms with Crippen molar-refractivity contribution in [2.24, 2.45) is 0 Å². The zero-order valence-corrected chi connectivity index (χ0v) is 7.95. The van der Waals surface area contributed by atoms with Gasteiger partial charge in [-0.2, -0.15) is 0 Å². The molecule has 0 saturated heterocycles. The first kappa shape index (κ1) is 10.9. The fraction of sp³-hybridized carbons (Fsp3) is 0.250. The van der Waals surface area contributed by atoms with Gasteiger partial charge in [0.1, 0.15) is 11.9 Å². The minimum absolute atomic E-state index is 0.0324. The molecule has 0 aromatic carbocycles. The van der Waals surface area contributed by atoms with E-state index in [1.165, 1.54) is 12.3 Å². The summed E-state index contributed by atoms with van der Waals surface area (Å²) in [5.41, 5.74) is -0.285. The van der Waals surface area contributed by atoms with Crippen molar-refractivity contribution in [2.75, 3.05) is 11.4 Å². The van der Waals surface area contributed by atoms with Crippen LogP contribution in [-0.2, 0) is 0 Å². The maximum absolute atomic E-state index is 10.8. The fourth-order valence-electron chi connectivity index (χ4n) is 1.16. The molecule has 0 fully saturated rings. The lowest BCUT2D eigenvalue weighted by Crippen LogP contribution is -2.29. The molecule has 0 spiro atoms. The van der Waals surface area contributed by atoms with Crippen molar-refractivity contribution in [2.45, 2.75) is 6.92 Å². The van der Waals surface area contributed by atoms with Crippen molar-refractivity contribution in [1.82, 2.24) is 4.98 Å². The summed E-state index contributed by atoms with van der Waals surface area (Å²) in [5, 5.41) is 19.4. The molecule has 1 heterocycles. The zero-order chi connectivity index (χ0) is 11.4. The van der Waals surface area contributed by atoms with Crippen LogP contribution in [0.1, 0.15) is 6.92 Å². The Morgan fingerprint density at radius 2 is 2.40 bits per heavy atom. The van der Waals surface area contributed by atoms with Gasteiger partial charge in [-0.3, -0.25) is 20.0 Å². The number of aromatic nitrogens is 1. The standard InChI is InChI=1S/C8H9N3O4/c1-2-10(8(12)13)6-3-4-9-5-7(6)11(14)15/h3-5H,2H2,1H3,(H,12,13). The third kappa shape index (κ3) is 2.19. The first-order chi connectivity index (χ1) is 7.07. The number of hydrogen-bond donors (Lipinski definition) is 1. The molecule has 1 rings (SSSR count). The Labute approximate surface area is 85.1 Å². The lowest BCUT2D eigenvalue weighted by atomic mass is 10.3. The Balaban J connectivity index is 3.22. The number of pyridine rings is 1. The fourth-order valence-corrected chi connectivity index (χ4v) is 1.16. The van der Waals surface area contributed by atoms with Crippen LogP contribution in [0, 0.1) is 10.1 Å². The number of carboxylic acid groups (broad SMARTS) is 1. The number of anilines is 1. The molecule has 7 nitrogen and oxygen atoms in total. The van der Waals surface area contributed by atoms with Gasteiger partial charge in [0, 0.05) is 12.7 Å². The Morgan fingerprint density at radius 3 is 2.87 bits per heavy atom. The molecule has 0 atom stereocenters. The van der Waals surface area contributed by atoms with Crippen molar-refractivity contribution in [3.8, 4) is 0 Å². The Bertz CT molecular complexity index is 393. The third-order valence-corrected chi connectivity index (χ3v) is 1.81. The minimum atomic E-state index is -1.23. The summed E-state index contributed by atoms with van der Waals surface area (Å²) in [6.07, 6.45) is 1.11. The normalized spacial score (nSPS) is 9.67. The van der Waals surface area contributed by atoms with E-state index >= 15 is 0 Å². The molecule has 0 bridgehead atoms. The molecule has 1 aromatic heterocycles. The molecule has 1 aromatic rings. The maximum atomic E-state index is 10.8. The number of amides is 1. The first-order valence-corrected chi connectivity index (χ1v) is 4.16. The van der Waals surface area contributed by atoms with Gasteiger partial charge in [0.05, 0.1) is 4.92 Å². The molecule has 0 aliphatic rings. The molecule has 7 heteroatoms. The predicted molar refractivity (Wildman–Crippen MR) is 51.9 cm³/mol. The molecule has 1 N–H and O–H groups in total. The molecule has 0 aliphatic carbocycles. The van der Waals surface area contributed by atoms with E-state index in [9.17, 15) is 14.9 Å². The van der Waals surface area contributed by atoms with Crippen molar-refractivity contribution in [3.63, 3.8) is 0 Å². The lowest BCUT2D eigenvalue weighted by molar-refractivity contribution is -0.384. The van der Waals surface area contributed by atoms with Gasteiger partial charge in [0.15, 0.2) is 0 Å². The van der Waals surface area contributed by atoms with Gasteiger partial charge in [0.2, 0.25) is 0 Å². The summed E-state index contributed by atoms with van der Waals surface area (Å²) in [4.78, 5) is 25.2. The van der Waals surface area contributed by atoms with E-state index in [1.807, 2.05) is 0 Å². The number of hydrogen-bond acceptors (Lipinski definition) is 4. The summed E-state index contributed by atoms with van der Waals surface area (Å²) in [7, 11) is 0. The molecule has 80 valence electrons. The largest absolute Gasteiger partial charge is 0.465 e. The lowest BCUT2D eigenvalue weighted by Gasteiger charge is -2.15. The summed E-state index contributed by atoms with van der Waals surface area (Å²) in [5.74, 6) is 0. The Morgan fingerprint density at radius 1 is 1.73 bits per heavy atom.